The Morgan fingerprint density at radius 1 is 1.24 bits per heavy atom. The van der Waals surface area contributed by atoms with E-state index in [0.717, 1.165) is 24.1 Å². The van der Waals surface area contributed by atoms with Crippen LogP contribution in [0.25, 0.3) is 11.3 Å². The van der Waals surface area contributed by atoms with E-state index in [-0.39, 0.29) is 11.8 Å². The van der Waals surface area contributed by atoms with Gasteiger partial charge in [0.2, 0.25) is 5.91 Å². The first kappa shape index (κ1) is 14.3. The third kappa shape index (κ3) is 3.16. The number of rotatable bonds is 3. The smallest absolute Gasteiger partial charge is 0.229 e. The molecule has 1 aromatic heterocycles. The zero-order chi connectivity index (χ0) is 14.8. The minimum atomic E-state index is 0.133. The average molecular weight is 300 g/mol. The van der Waals surface area contributed by atoms with Gasteiger partial charge in [0.05, 0.1) is 5.69 Å². The van der Waals surface area contributed by atoms with Crippen LogP contribution in [-0.4, -0.2) is 10.9 Å². The SMILES string of the molecule is Cc1ccc(-c2csc(NC(=O)C3CCCC3)n2)cc1C. The normalized spacial score (nSPS) is 15.3. The molecule has 1 saturated carbocycles. The summed E-state index contributed by atoms with van der Waals surface area (Å²) in [7, 11) is 0. The van der Waals surface area contributed by atoms with Crippen LogP contribution in [0.15, 0.2) is 23.6 Å². The van der Waals surface area contributed by atoms with E-state index in [2.05, 4.69) is 42.3 Å². The lowest BCUT2D eigenvalue weighted by molar-refractivity contribution is -0.119. The molecule has 0 atom stereocenters. The number of nitrogens with one attached hydrogen (secondary N) is 1. The van der Waals surface area contributed by atoms with Gasteiger partial charge >= 0.3 is 0 Å². The number of carbonyl (C=O) groups excluding carboxylic acids is 1. The van der Waals surface area contributed by atoms with E-state index in [1.807, 2.05) is 5.38 Å². The van der Waals surface area contributed by atoms with Crippen molar-refractivity contribution >= 4 is 22.4 Å². The zero-order valence-electron chi connectivity index (χ0n) is 12.5. The highest BCUT2D eigenvalue weighted by Crippen LogP contribution is 2.29. The van der Waals surface area contributed by atoms with Crippen molar-refractivity contribution in [2.45, 2.75) is 39.5 Å². The van der Waals surface area contributed by atoms with Crippen LogP contribution in [0.3, 0.4) is 0 Å². The van der Waals surface area contributed by atoms with Crippen molar-refractivity contribution in [3.63, 3.8) is 0 Å². The second kappa shape index (κ2) is 5.98. The Bertz CT molecular complexity index is 657. The van der Waals surface area contributed by atoms with Crippen LogP contribution in [0, 0.1) is 19.8 Å². The molecule has 110 valence electrons. The topological polar surface area (TPSA) is 42.0 Å². The molecule has 1 aromatic carbocycles. The number of anilines is 1. The number of hydrogen-bond donors (Lipinski definition) is 1. The van der Waals surface area contributed by atoms with Crippen LogP contribution >= 0.6 is 11.3 Å². The molecule has 0 aliphatic heterocycles. The van der Waals surface area contributed by atoms with Crippen LogP contribution in [-0.2, 0) is 4.79 Å². The van der Waals surface area contributed by atoms with E-state index in [1.54, 1.807) is 0 Å². The molecular formula is C17H20N2OS. The standard InChI is InChI=1S/C17H20N2OS/c1-11-7-8-14(9-12(11)2)15-10-21-17(18-15)19-16(20)13-5-3-4-6-13/h7-10,13H,3-6H2,1-2H3,(H,18,19,20). The van der Waals surface area contributed by atoms with Crippen molar-refractivity contribution in [3.05, 3.63) is 34.7 Å². The molecule has 4 heteroatoms. The van der Waals surface area contributed by atoms with Gasteiger partial charge in [-0.15, -0.1) is 11.3 Å². The third-order valence-electron chi connectivity index (χ3n) is 4.26. The molecule has 1 N–H and O–H groups in total. The van der Waals surface area contributed by atoms with Crippen molar-refractivity contribution in [2.75, 3.05) is 5.32 Å². The number of carbonyl (C=O) groups is 1. The summed E-state index contributed by atoms with van der Waals surface area (Å²) in [6.07, 6.45) is 4.37. The molecule has 3 nitrogen and oxygen atoms in total. The quantitative estimate of drug-likeness (QED) is 0.903. The van der Waals surface area contributed by atoms with Gasteiger partial charge in [-0.3, -0.25) is 4.79 Å². The van der Waals surface area contributed by atoms with Crippen LogP contribution in [0.2, 0.25) is 0 Å². The van der Waals surface area contributed by atoms with Gasteiger partial charge in [-0.05, 0) is 43.9 Å². The highest BCUT2D eigenvalue weighted by molar-refractivity contribution is 7.14. The van der Waals surface area contributed by atoms with E-state index in [1.165, 1.54) is 35.3 Å². The van der Waals surface area contributed by atoms with Crippen molar-refractivity contribution in [1.82, 2.24) is 4.98 Å². The summed E-state index contributed by atoms with van der Waals surface area (Å²) in [5.41, 5.74) is 4.58. The van der Waals surface area contributed by atoms with Gasteiger partial charge in [-0.25, -0.2) is 4.98 Å². The fraction of sp³-hybridized carbons (Fsp3) is 0.412. The summed E-state index contributed by atoms with van der Waals surface area (Å²) >= 11 is 1.50. The predicted molar refractivity (Wildman–Crippen MR) is 87.6 cm³/mol. The molecular weight excluding hydrogens is 280 g/mol. The Morgan fingerprint density at radius 3 is 2.71 bits per heavy atom. The molecule has 0 unspecified atom stereocenters. The molecule has 1 aliphatic rings. The number of amides is 1. The van der Waals surface area contributed by atoms with Crippen LogP contribution < -0.4 is 5.32 Å². The maximum Gasteiger partial charge on any atom is 0.229 e. The van der Waals surface area contributed by atoms with Crippen molar-refractivity contribution < 1.29 is 4.79 Å². The van der Waals surface area contributed by atoms with Gasteiger partial charge in [-0.2, -0.15) is 0 Å². The number of benzene rings is 1. The summed E-state index contributed by atoms with van der Waals surface area (Å²) in [6, 6.07) is 6.34. The van der Waals surface area contributed by atoms with E-state index >= 15 is 0 Å². The molecule has 1 aliphatic carbocycles. The Hall–Kier alpha value is -1.68. The first-order valence-electron chi connectivity index (χ1n) is 7.47. The van der Waals surface area contributed by atoms with E-state index < -0.39 is 0 Å². The molecule has 2 aromatic rings. The third-order valence-corrected chi connectivity index (χ3v) is 5.02. The highest BCUT2D eigenvalue weighted by atomic mass is 32.1. The summed E-state index contributed by atoms with van der Waals surface area (Å²) in [5.74, 6) is 0.312. The second-order valence-corrected chi connectivity index (χ2v) is 6.67. The molecule has 0 spiro atoms. The van der Waals surface area contributed by atoms with Gasteiger partial charge < -0.3 is 5.32 Å². The number of nitrogens with zero attached hydrogens (tertiary/aromatic N) is 1. The lowest BCUT2D eigenvalue weighted by Gasteiger charge is -2.07. The molecule has 3 rings (SSSR count). The Morgan fingerprint density at radius 2 is 2.00 bits per heavy atom. The highest BCUT2D eigenvalue weighted by Gasteiger charge is 2.23. The van der Waals surface area contributed by atoms with E-state index in [4.69, 9.17) is 0 Å². The summed E-state index contributed by atoms with van der Waals surface area (Å²) in [5, 5.41) is 5.69. The van der Waals surface area contributed by atoms with Gasteiger partial charge in [0.15, 0.2) is 5.13 Å². The Labute approximate surface area is 129 Å². The molecule has 0 bridgehead atoms. The number of aryl methyl sites for hydroxylation is 2. The molecule has 21 heavy (non-hydrogen) atoms. The number of hydrogen-bond acceptors (Lipinski definition) is 3. The van der Waals surface area contributed by atoms with Crippen molar-refractivity contribution in [3.8, 4) is 11.3 Å². The monoisotopic (exact) mass is 300 g/mol. The Balaban J connectivity index is 1.73. The first-order valence-corrected chi connectivity index (χ1v) is 8.35. The molecule has 1 fully saturated rings. The average Bonchev–Trinajstić information content (AvgIpc) is 3.12. The zero-order valence-corrected chi connectivity index (χ0v) is 13.3. The van der Waals surface area contributed by atoms with Gasteiger partial charge in [0.1, 0.15) is 0 Å². The van der Waals surface area contributed by atoms with E-state index in [9.17, 15) is 4.79 Å². The van der Waals surface area contributed by atoms with Crippen molar-refractivity contribution in [1.29, 1.82) is 0 Å². The maximum atomic E-state index is 12.1. The van der Waals surface area contributed by atoms with E-state index in [0.29, 0.717) is 5.13 Å². The molecule has 1 heterocycles. The predicted octanol–water partition coefficient (Wildman–Crippen LogP) is 4.56. The van der Waals surface area contributed by atoms with Crippen molar-refractivity contribution in [2.24, 2.45) is 5.92 Å². The lowest BCUT2D eigenvalue weighted by atomic mass is 10.1. The summed E-state index contributed by atoms with van der Waals surface area (Å²) in [6.45, 7) is 4.21. The van der Waals surface area contributed by atoms with Crippen LogP contribution in [0.5, 0.6) is 0 Å². The molecule has 0 radical (unpaired) electrons. The van der Waals surface area contributed by atoms with Crippen LogP contribution in [0.4, 0.5) is 5.13 Å². The summed E-state index contributed by atoms with van der Waals surface area (Å²) < 4.78 is 0. The minimum Gasteiger partial charge on any atom is -0.302 e. The lowest BCUT2D eigenvalue weighted by Crippen LogP contribution is -2.20. The number of aromatic nitrogens is 1. The maximum absolute atomic E-state index is 12.1. The minimum absolute atomic E-state index is 0.133. The van der Waals surface area contributed by atoms with Gasteiger partial charge in [-0.1, -0.05) is 25.0 Å². The second-order valence-electron chi connectivity index (χ2n) is 5.81. The first-order chi connectivity index (χ1) is 10.1. The molecule has 0 saturated heterocycles. The summed E-state index contributed by atoms with van der Waals surface area (Å²) in [4.78, 5) is 16.7. The van der Waals surface area contributed by atoms with Gasteiger partial charge in [0.25, 0.3) is 0 Å². The largest absolute Gasteiger partial charge is 0.302 e. The molecule has 1 amide bonds. The Kier molecular flexibility index (Phi) is 4.06. The van der Waals surface area contributed by atoms with Gasteiger partial charge in [0, 0.05) is 16.9 Å². The fourth-order valence-electron chi connectivity index (χ4n) is 2.76. The van der Waals surface area contributed by atoms with Crippen LogP contribution in [0.1, 0.15) is 36.8 Å². The number of thiazole rings is 1. The fourth-order valence-corrected chi connectivity index (χ4v) is 3.48.